The summed E-state index contributed by atoms with van der Waals surface area (Å²) >= 11 is 0. The number of piperazine rings is 1. The van der Waals surface area contributed by atoms with Crippen molar-refractivity contribution >= 4 is 23.6 Å². The van der Waals surface area contributed by atoms with Gasteiger partial charge in [-0.1, -0.05) is 18.2 Å². The fourth-order valence-electron chi connectivity index (χ4n) is 3.21. The minimum absolute atomic E-state index is 0.113. The molecule has 2 heterocycles. The summed E-state index contributed by atoms with van der Waals surface area (Å²) in [7, 11) is 0. The molecule has 0 bridgehead atoms. The molecule has 0 radical (unpaired) electrons. The van der Waals surface area contributed by atoms with Gasteiger partial charge >= 0.3 is 12.0 Å². The van der Waals surface area contributed by atoms with E-state index in [0.29, 0.717) is 37.7 Å². The highest BCUT2D eigenvalue weighted by molar-refractivity contribution is 5.92. The quantitative estimate of drug-likeness (QED) is 0.773. The Bertz CT molecular complexity index is 941. The van der Waals surface area contributed by atoms with Gasteiger partial charge in [0.25, 0.3) is 5.91 Å². The van der Waals surface area contributed by atoms with Gasteiger partial charge in [-0.05, 0) is 30.3 Å². The van der Waals surface area contributed by atoms with Gasteiger partial charge in [0.1, 0.15) is 0 Å². The molecule has 0 saturated carbocycles. The van der Waals surface area contributed by atoms with Gasteiger partial charge in [0.05, 0.1) is 5.56 Å². The van der Waals surface area contributed by atoms with Crippen LogP contribution in [0.4, 0.5) is 10.5 Å². The van der Waals surface area contributed by atoms with Crippen molar-refractivity contribution in [3.8, 4) is 11.5 Å². The zero-order valence-electron chi connectivity index (χ0n) is 16.2. The fourth-order valence-corrected chi connectivity index (χ4v) is 3.21. The highest BCUT2D eigenvalue weighted by Gasteiger charge is 2.25. The lowest BCUT2D eigenvalue weighted by Crippen LogP contribution is -2.52. The predicted octanol–water partition coefficient (Wildman–Crippen LogP) is 1.95. The summed E-state index contributed by atoms with van der Waals surface area (Å²) in [6.45, 7) is 1.32. The molecule has 9 nitrogen and oxygen atoms in total. The molecule has 0 atom stereocenters. The van der Waals surface area contributed by atoms with Crippen molar-refractivity contribution < 1.29 is 28.6 Å². The number of ether oxygens (including phenoxy) is 3. The van der Waals surface area contributed by atoms with Gasteiger partial charge < -0.3 is 29.3 Å². The molecule has 156 valence electrons. The first-order valence-corrected chi connectivity index (χ1v) is 9.56. The fraction of sp³-hybridized carbons (Fsp3) is 0.286. The summed E-state index contributed by atoms with van der Waals surface area (Å²) in [6.07, 6.45) is 0. The first-order chi connectivity index (χ1) is 14.6. The van der Waals surface area contributed by atoms with Crippen LogP contribution in [0.3, 0.4) is 0 Å². The Hall–Kier alpha value is -3.75. The average molecular weight is 411 g/mol. The monoisotopic (exact) mass is 411 g/mol. The van der Waals surface area contributed by atoms with Crippen LogP contribution in [0.15, 0.2) is 48.5 Å². The Balaban J connectivity index is 1.22. The van der Waals surface area contributed by atoms with Gasteiger partial charge in [0, 0.05) is 31.9 Å². The van der Waals surface area contributed by atoms with Crippen molar-refractivity contribution in [1.82, 2.24) is 9.80 Å². The molecule has 1 saturated heterocycles. The molecular formula is C21H21N3O6. The second-order valence-electron chi connectivity index (χ2n) is 6.81. The van der Waals surface area contributed by atoms with E-state index in [1.165, 1.54) is 6.07 Å². The second-order valence-corrected chi connectivity index (χ2v) is 6.81. The van der Waals surface area contributed by atoms with Gasteiger partial charge in [0.15, 0.2) is 18.1 Å². The summed E-state index contributed by atoms with van der Waals surface area (Å²) in [5.74, 6) is 0.132. The van der Waals surface area contributed by atoms with Crippen LogP contribution < -0.4 is 14.8 Å². The van der Waals surface area contributed by atoms with Crippen LogP contribution in [0.25, 0.3) is 0 Å². The first-order valence-electron chi connectivity index (χ1n) is 9.56. The van der Waals surface area contributed by atoms with Crippen molar-refractivity contribution in [2.75, 3.05) is 44.9 Å². The maximum atomic E-state index is 12.4. The molecule has 3 amide bonds. The number of urea groups is 1. The van der Waals surface area contributed by atoms with Gasteiger partial charge in [-0.25, -0.2) is 9.59 Å². The zero-order valence-corrected chi connectivity index (χ0v) is 16.2. The summed E-state index contributed by atoms with van der Waals surface area (Å²) in [6, 6.07) is 13.7. The Morgan fingerprint density at radius 3 is 2.37 bits per heavy atom. The second kappa shape index (κ2) is 8.73. The molecule has 2 aliphatic heterocycles. The number of anilines is 1. The number of rotatable bonds is 4. The molecule has 1 N–H and O–H groups in total. The smallest absolute Gasteiger partial charge is 0.338 e. The number of hydrogen-bond acceptors (Lipinski definition) is 6. The highest BCUT2D eigenvalue weighted by Crippen LogP contribution is 2.32. The van der Waals surface area contributed by atoms with Crippen LogP contribution in [0.5, 0.6) is 11.5 Å². The van der Waals surface area contributed by atoms with E-state index >= 15 is 0 Å². The summed E-state index contributed by atoms with van der Waals surface area (Å²) < 4.78 is 15.6. The number of carbonyl (C=O) groups is 3. The number of amides is 3. The normalized spacial score (nSPS) is 14.9. The first kappa shape index (κ1) is 19.6. The molecule has 2 aromatic rings. The number of benzene rings is 2. The summed E-state index contributed by atoms with van der Waals surface area (Å²) in [4.78, 5) is 40.1. The van der Waals surface area contributed by atoms with E-state index in [2.05, 4.69) is 5.32 Å². The molecule has 9 heteroatoms. The largest absolute Gasteiger partial charge is 0.454 e. The Morgan fingerprint density at radius 2 is 1.60 bits per heavy atom. The molecule has 0 aromatic heterocycles. The topological polar surface area (TPSA) is 97.4 Å². The molecule has 30 heavy (non-hydrogen) atoms. The van der Waals surface area contributed by atoms with Gasteiger partial charge in [-0.2, -0.15) is 0 Å². The number of carbonyl (C=O) groups excluding carboxylic acids is 3. The molecule has 0 spiro atoms. The van der Waals surface area contributed by atoms with Crippen molar-refractivity contribution in [3.05, 3.63) is 54.1 Å². The number of fused-ring (bicyclic) bond motifs is 1. The molecule has 2 aliphatic rings. The van der Waals surface area contributed by atoms with Crippen LogP contribution in [0.2, 0.25) is 0 Å². The van der Waals surface area contributed by atoms with Crippen LogP contribution in [-0.4, -0.2) is 67.3 Å². The van der Waals surface area contributed by atoms with E-state index in [1.54, 1.807) is 21.9 Å². The van der Waals surface area contributed by atoms with Crippen LogP contribution >= 0.6 is 0 Å². The van der Waals surface area contributed by atoms with Crippen LogP contribution in [0.1, 0.15) is 10.4 Å². The van der Waals surface area contributed by atoms with Crippen molar-refractivity contribution in [1.29, 1.82) is 0 Å². The molecule has 1 fully saturated rings. The van der Waals surface area contributed by atoms with E-state index in [4.69, 9.17) is 14.2 Å². The number of hydrogen-bond donors (Lipinski definition) is 1. The van der Waals surface area contributed by atoms with Gasteiger partial charge in [-0.15, -0.1) is 0 Å². The third-order valence-electron chi connectivity index (χ3n) is 4.88. The maximum absolute atomic E-state index is 12.4. The molecule has 0 aliphatic carbocycles. The van der Waals surface area contributed by atoms with E-state index in [0.717, 1.165) is 5.69 Å². The molecule has 2 aromatic carbocycles. The number of esters is 1. The van der Waals surface area contributed by atoms with Gasteiger partial charge in [-0.3, -0.25) is 4.79 Å². The Kier molecular flexibility index (Phi) is 5.69. The van der Waals surface area contributed by atoms with E-state index in [9.17, 15) is 14.4 Å². The van der Waals surface area contributed by atoms with Crippen LogP contribution in [-0.2, 0) is 9.53 Å². The maximum Gasteiger partial charge on any atom is 0.338 e. The zero-order chi connectivity index (χ0) is 20.9. The highest BCUT2D eigenvalue weighted by atomic mass is 16.7. The number of para-hydroxylation sites is 1. The van der Waals surface area contributed by atoms with Crippen molar-refractivity contribution in [2.45, 2.75) is 0 Å². The third-order valence-corrected chi connectivity index (χ3v) is 4.88. The Morgan fingerprint density at radius 1 is 0.900 bits per heavy atom. The SMILES string of the molecule is O=C(OCC(=O)N1CCN(C(=O)Nc2ccccc2)CC1)c1ccc2c(c1)OCO2. The predicted molar refractivity (Wildman–Crippen MR) is 106 cm³/mol. The van der Waals surface area contributed by atoms with E-state index < -0.39 is 5.97 Å². The minimum atomic E-state index is -0.609. The number of nitrogens with one attached hydrogen (secondary N) is 1. The third kappa shape index (κ3) is 4.45. The summed E-state index contributed by atoms with van der Waals surface area (Å²) in [5, 5.41) is 2.83. The molecule has 4 rings (SSSR count). The van der Waals surface area contributed by atoms with Crippen LogP contribution in [0, 0.1) is 0 Å². The minimum Gasteiger partial charge on any atom is -0.454 e. The molecular weight excluding hydrogens is 390 g/mol. The van der Waals surface area contributed by atoms with Crippen molar-refractivity contribution in [3.63, 3.8) is 0 Å². The van der Waals surface area contributed by atoms with Gasteiger partial charge in [0.2, 0.25) is 6.79 Å². The standard InChI is InChI=1S/C21H21N3O6/c25-19(13-28-20(26)15-6-7-17-18(12-15)30-14-29-17)23-8-10-24(11-9-23)21(27)22-16-4-2-1-3-5-16/h1-7,12H,8-11,13-14H2,(H,22,27). The average Bonchev–Trinajstić information content (AvgIpc) is 3.26. The summed E-state index contributed by atoms with van der Waals surface area (Å²) in [5.41, 5.74) is 1.01. The molecule has 0 unspecified atom stereocenters. The lowest BCUT2D eigenvalue weighted by molar-refractivity contribution is -0.135. The van der Waals surface area contributed by atoms with Crippen molar-refractivity contribution in [2.24, 2.45) is 0 Å². The lowest BCUT2D eigenvalue weighted by atomic mass is 10.2. The number of nitrogens with zero attached hydrogens (tertiary/aromatic N) is 2. The van der Waals surface area contributed by atoms with E-state index in [1.807, 2.05) is 30.3 Å². The van der Waals surface area contributed by atoms with E-state index in [-0.39, 0.29) is 30.9 Å². The Labute approximate surface area is 173 Å². The lowest BCUT2D eigenvalue weighted by Gasteiger charge is -2.34.